The van der Waals surface area contributed by atoms with Gasteiger partial charge in [0, 0.05) is 17.1 Å². The molecule has 0 bridgehead atoms. The largest absolute Gasteiger partial charge is 0.356 e. The number of fused-ring (bicyclic) bond motifs is 1. The first-order chi connectivity index (χ1) is 17.5. The van der Waals surface area contributed by atoms with Gasteiger partial charge in [0.2, 0.25) is 0 Å². The molecule has 0 amide bonds. The summed E-state index contributed by atoms with van der Waals surface area (Å²) in [7, 11) is -1.98. The number of para-hydroxylation sites is 3. The third-order valence-electron chi connectivity index (χ3n) is 5.54. The van der Waals surface area contributed by atoms with Crippen LogP contribution in [0.3, 0.4) is 0 Å². The molecule has 5 rings (SSSR count). The molecule has 1 heterocycles. The second-order valence-electron chi connectivity index (χ2n) is 8.07. The van der Waals surface area contributed by atoms with Gasteiger partial charge in [-0.1, -0.05) is 54.8 Å². The summed E-state index contributed by atoms with van der Waals surface area (Å²) in [6.45, 7) is 1.90. The van der Waals surface area contributed by atoms with Crippen molar-refractivity contribution in [3.05, 3.63) is 103 Å². The molecule has 7 nitrogen and oxygen atoms in total. The van der Waals surface area contributed by atoms with Crippen molar-refractivity contribution in [3.8, 4) is 0 Å². The predicted molar refractivity (Wildman–Crippen MR) is 147 cm³/mol. The monoisotopic (exact) mass is 492 g/mol. The number of anilines is 5. The summed E-state index contributed by atoms with van der Waals surface area (Å²) in [6.07, 6.45) is 0. The first-order valence-corrected chi connectivity index (χ1v) is 12.9. The lowest BCUT2D eigenvalue weighted by atomic mass is 9.74. The maximum Gasteiger partial charge on any atom is 0.263 e. The molecule has 4 aromatic carbocycles. The van der Waals surface area contributed by atoms with E-state index < -0.39 is 10.0 Å². The van der Waals surface area contributed by atoms with Crippen LogP contribution in [0.1, 0.15) is 0 Å². The van der Waals surface area contributed by atoms with Crippen LogP contribution < -0.4 is 20.8 Å². The summed E-state index contributed by atoms with van der Waals surface area (Å²) in [5.74, 6) is 0.422. The molecule has 0 spiro atoms. The van der Waals surface area contributed by atoms with E-state index in [1.807, 2.05) is 86.9 Å². The minimum absolute atomic E-state index is 0.117. The molecule has 0 saturated heterocycles. The van der Waals surface area contributed by atoms with E-state index in [2.05, 4.69) is 25.3 Å². The molecule has 0 aliphatic rings. The van der Waals surface area contributed by atoms with Gasteiger partial charge in [-0.3, -0.25) is 4.72 Å². The SMILES string of the molecule is C[B]c1ccc(S(=O)(=O)Nc2nc3ccccc3nc2Nc2ccc(Nc3ccccc3)cc2)cc1. The maximum absolute atomic E-state index is 13.1. The standard InChI is InChI=1S/C27H23BN5O2S/c1-28-19-11-17-23(18-12-19)36(34,35)33-27-26(31-24-9-5-6-10-25(24)32-27)30-22-15-13-21(14-16-22)29-20-7-3-2-4-8-20/h2-18,29H,1H3,(H,30,31)(H,32,33). The second kappa shape index (κ2) is 10.1. The zero-order chi connectivity index (χ0) is 25.0. The van der Waals surface area contributed by atoms with Crippen LogP contribution in [0, 0.1) is 0 Å². The molecule has 5 aromatic rings. The van der Waals surface area contributed by atoms with Crippen LogP contribution >= 0.6 is 0 Å². The maximum atomic E-state index is 13.1. The van der Waals surface area contributed by atoms with Gasteiger partial charge < -0.3 is 10.6 Å². The average Bonchev–Trinajstić information content (AvgIpc) is 2.90. The van der Waals surface area contributed by atoms with E-state index in [1.54, 1.807) is 30.3 Å². The number of aromatic nitrogens is 2. The normalized spacial score (nSPS) is 11.1. The topological polar surface area (TPSA) is 96.0 Å². The Kier molecular flexibility index (Phi) is 6.55. The van der Waals surface area contributed by atoms with Gasteiger partial charge in [0.1, 0.15) is 7.28 Å². The fourth-order valence-electron chi connectivity index (χ4n) is 3.65. The Morgan fingerprint density at radius 1 is 0.611 bits per heavy atom. The quantitative estimate of drug-likeness (QED) is 0.255. The van der Waals surface area contributed by atoms with Gasteiger partial charge in [0.25, 0.3) is 10.0 Å². The van der Waals surface area contributed by atoms with Crippen molar-refractivity contribution in [3.63, 3.8) is 0 Å². The van der Waals surface area contributed by atoms with Crippen molar-refractivity contribution in [2.45, 2.75) is 11.7 Å². The average molecular weight is 492 g/mol. The third-order valence-corrected chi connectivity index (χ3v) is 6.89. The van der Waals surface area contributed by atoms with Gasteiger partial charge in [-0.05, 0) is 60.7 Å². The molecule has 1 radical (unpaired) electrons. The molecule has 0 aliphatic heterocycles. The zero-order valence-electron chi connectivity index (χ0n) is 19.5. The molecule has 0 saturated carbocycles. The van der Waals surface area contributed by atoms with Crippen molar-refractivity contribution in [2.75, 3.05) is 15.4 Å². The molecule has 0 unspecified atom stereocenters. The number of hydrogen-bond acceptors (Lipinski definition) is 6. The van der Waals surface area contributed by atoms with Crippen LogP contribution in [0.5, 0.6) is 0 Å². The van der Waals surface area contributed by atoms with Gasteiger partial charge >= 0.3 is 0 Å². The third kappa shape index (κ3) is 5.31. The van der Waals surface area contributed by atoms with Crippen LogP contribution in [0.15, 0.2) is 108 Å². The van der Waals surface area contributed by atoms with E-state index in [4.69, 9.17) is 0 Å². The molecule has 0 fully saturated rings. The summed E-state index contributed by atoms with van der Waals surface area (Å²) in [4.78, 5) is 9.34. The molecule has 177 valence electrons. The summed E-state index contributed by atoms with van der Waals surface area (Å²) >= 11 is 0. The van der Waals surface area contributed by atoms with Crippen LogP contribution in [-0.2, 0) is 10.0 Å². The zero-order valence-corrected chi connectivity index (χ0v) is 20.3. The fourth-order valence-corrected chi connectivity index (χ4v) is 4.65. The van der Waals surface area contributed by atoms with E-state index in [9.17, 15) is 8.42 Å². The minimum Gasteiger partial charge on any atom is -0.356 e. The van der Waals surface area contributed by atoms with Crippen molar-refractivity contribution in [1.29, 1.82) is 0 Å². The Morgan fingerprint density at radius 2 is 1.14 bits per heavy atom. The molecule has 9 heteroatoms. The Hall–Kier alpha value is -4.37. The van der Waals surface area contributed by atoms with E-state index in [-0.39, 0.29) is 10.7 Å². The summed E-state index contributed by atoms with van der Waals surface area (Å²) in [5, 5.41) is 6.55. The molecule has 3 N–H and O–H groups in total. The highest BCUT2D eigenvalue weighted by molar-refractivity contribution is 7.92. The highest BCUT2D eigenvalue weighted by Gasteiger charge is 2.19. The van der Waals surface area contributed by atoms with Gasteiger partial charge in [0.15, 0.2) is 11.6 Å². The Labute approximate surface area is 210 Å². The molecule has 36 heavy (non-hydrogen) atoms. The van der Waals surface area contributed by atoms with E-state index in [0.717, 1.165) is 22.5 Å². The number of rotatable bonds is 8. The van der Waals surface area contributed by atoms with E-state index >= 15 is 0 Å². The highest BCUT2D eigenvalue weighted by Crippen LogP contribution is 2.28. The summed E-state index contributed by atoms with van der Waals surface area (Å²) < 4.78 is 28.9. The number of nitrogens with zero attached hydrogens (tertiary/aromatic N) is 2. The Morgan fingerprint density at radius 3 is 1.75 bits per heavy atom. The lowest BCUT2D eigenvalue weighted by Gasteiger charge is -2.14. The van der Waals surface area contributed by atoms with Gasteiger partial charge in [0.05, 0.1) is 15.9 Å². The van der Waals surface area contributed by atoms with Crippen LogP contribution in [0.2, 0.25) is 6.82 Å². The lowest BCUT2D eigenvalue weighted by Crippen LogP contribution is -2.17. The number of nitrogens with one attached hydrogen (secondary N) is 3. The lowest BCUT2D eigenvalue weighted by molar-refractivity contribution is 0.601. The Balaban J connectivity index is 1.44. The highest BCUT2D eigenvalue weighted by atomic mass is 32.2. The number of sulfonamides is 1. The molecular weight excluding hydrogens is 469 g/mol. The molecule has 0 atom stereocenters. The van der Waals surface area contributed by atoms with Crippen molar-refractivity contribution >= 4 is 62.5 Å². The minimum atomic E-state index is -3.88. The van der Waals surface area contributed by atoms with Crippen molar-refractivity contribution in [1.82, 2.24) is 9.97 Å². The first-order valence-electron chi connectivity index (χ1n) is 11.4. The van der Waals surface area contributed by atoms with E-state index in [0.29, 0.717) is 16.9 Å². The van der Waals surface area contributed by atoms with Crippen LogP contribution in [0.25, 0.3) is 11.0 Å². The van der Waals surface area contributed by atoms with Gasteiger partial charge in [-0.25, -0.2) is 18.4 Å². The number of hydrogen-bond donors (Lipinski definition) is 3. The van der Waals surface area contributed by atoms with Crippen molar-refractivity contribution < 1.29 is 8.42 Å². The summed E-state index contributed by atoms with van der Waals surface area (Å²) in [5.41, 5.74) is 4.81. The van der Waals surface area contributed by atoms with Crippen LogP contribution in [0.4, 0.5) is 28.7 Å². The van der Waals surface area contributed by atoms with E-state index in [1.165, 1.54) is 0 Å². The summed E-state index contributed by atoms with van der Waals surface area (Å²) in [6, 6.07) is 31.5. The molecule has 0 aliphatic carbocycles. The second-order valence-corrected chi connectivity index (χ2v) is 9.75. The fraction of sp³-hybridized carbons (Fsp3) is 0.0370. The predicted octanol–water partition coefficient (Wildman–Crippen LogP) is 5.30. The van der Waals surface area contributed by atoms with Crippen molar-refractivity contribution in [2.24, 2.45) is 0 Å². The smallest absolute Gasteiger partial charge is 0.263 e. The van der Waals surface area contributed by atoms with Gasteiger partial charge in [-0.15, -0.1) is 0 Å². The molecule has 1 aromatic heterocycles. The Bertz CT molecular complexity index is 1590. The first kappa shape index (κ1) is 23.4. The molecular formula is C27H23BN5O2S. The van der Waals surface area contributed by atoms with Crippen LogP contribution in [-0.4, -0.2) is 25.7 Å². The van der Waals surface area contributed by atoms with Gasteiger partial charge in [-0.2, -0.15) is 0 Å². The number of benzene rings is 4.